The summed E-state index contributed by atoms with van der Waals surface area (Å²) in [5, 5.41) is 0. The van der Waals surface area contributed by atoms with Gasteiger partial charge in [0, 0.05) is 19.3 Å². The number of esters is 3. The molecule has 1 atom stereocenters. The summed E-state index contributed by atoms with van der Waals surface area (Å²) in [4.78, 5) is 38.0. The molecule has 0 saturated carbocycles. The molecule has 1 unspecified atom stereocenters. The van der Waals surface area contributed by atoms with Gasteiger partial charge < -0.3 is 14.2 Å². The van der Waals surface area contributed by atoms with Gasteiger partial charge in [-0.2, -0.15) is 0 Å². The summed E-state index contributed by atoms with van der Waals surface area (Å²) in [5.41, 5.74) is 0. The maximum absolute atomic E-state index is 12.8. The molecule has 0 aliphatic heterocycles. The van der Waals surface area contributed by atoms with Crippen molar-refractivity contribution in [2.75, 3.05) is 13.2 Å². The predicted octanol–water partition coefficient (Wildman–Crippen LogP) is 18.0. The highest BCUT2D eigenvalue weighted by Crippen LogP contribution is 2.14. The van der Waals surface area contributed by atoms with Crippen LogP contribution in [0.4, 0.5) is 0 Å². The molecule has 0 heterocycles. The third-order valence-corrected chi connectivity index (χ3v) is 11.4. The fraction of sp³-hybridized carbons (Fsp3) is 0.712. The van der Waals surface area contributed by atoms with E-state index in [-0.39, 0.29) is 31.1 Å². The highest BCUT2D eigenvalue weighted by molar-refractivity contribution is 5.71. The fourth-order valence-electron chi connectivity index (χ4n) is 7.35. The minimum absolute atomic E-state index is 0.0922. The van der Waals surface area contributed by atoms with Crippen LogP contribution in [0.1, 0.15) is 252 Å². The molecular weight excluding hydrogens is 805 g/mol. The zero-order chi connectivity index (χ0) is 47.2. The van der Waals surface area contributed by atoms with Gasteiger partial charge in [0.05, 0.1) is 0 Å². The molecule has 372 valence electrons. The number of allylic oxidation sites excluding steroid dienone is 14. The quantitative estimate of drug-likeness (QED) is 0.0262. The van der Waals surface area contributed by atoms with Crippen LogP contribution < -0.4 is 0 Å². The lowest BCUT2D eigenvalue weighted by atomic mass is 10.1. The number of unbranched alkanes of at least 4 members (excludes halogenated alkanes) is 23. The molecule has 0 N–H and O–H groups in total. The Balaban J connectivity index is 4.41. The molecule has 6 heteroatoms. The van der Waals surface area contributed by atoms with E-state index in [4.69, 9.17) is 14.2 Å². The van der Waals surface area contributed by atoms with Crippen LogP contribution in [0.5, 0.6) is 0 Å². The van der Waals surface area contributed by atoms with E-state index in [1.54, 1.807) is 0 Å². The molecule has 0 aromatic heterocycles. The summed E-state index contributed by atoms with van der Waals surface area (Å²) >= 11 is 0. The van der Waals surface area contributed by atoms with Crippen molar-refractivity contribution in [2.24, 2.45) is 0 Å². The van der Waals surface area contributed by atoms with Gasteiger partial charge >= 0.3 is 17.9 Å². The molecule has 0 fully saturated rings. The molecule has 0 radical (unpaired) electrons. The second-order valence-corrected chi connectivity index (χ2v) is 17.7. The number of ether oxygens (including phenoxy) is 3. The SMILES string of the molecule is CC/C=C\C/C=C\C/C=C\C/C=C\CCCCCCCCC(=O)OCC(COC(=O)CCCCCCC/C=C\C/C=C\CC)OC(=O)CCCCCCC/C=C\CCCCCCCCC. The average Bonchev–Trinajstić information content (AvgIpc) is 3.30. The van der Waals surface area contributed by atoms with Crippen molar-refractivity contribution in [3.8, 4) is 0 Å². The summed E-state index contributed by atoms with van der Waals surface area (Å²) in [6.45, 7) is 6.39. The Morgan fingerprint density at radius 2 is 0.600 bits per heavy atom. The fourth-order valence-corrected chi connectivity index (χ4v) is 7.35. The Kier molecular flexibility index (Phi) is 50.4. The lowest BCUT2D eigenvalue weighted by Gasteiger charge is -2.18. The van der Waals surface area contributed by atoms with Crippen LogP contribution >= 0.6 is 0 Å². The summed E-state index contributed by atoms with van der Waals surface area (Å²) in [6, 6.07) is 0. The van der Waals surface area contributed by atoms with Crippen molar-refractivity contribution < 1.29 is 28.6 Å². The first-order chi connectivity index (χ1) is 32.0. The molecule has 0 spiro atoms. The van der Waals surface area contributed by atoms with Crippen LogP contribution in [0.25, 0.3) is 0 Å². The van der Waals surface area contributed by atoms with Crippen LogP contribution in [0.15, 0.2) is 85.1 Å². The smallest absolute Gasteiger partial charge is 0.306 e. The Hall–Kier alpha value is -3.41. The van der Waals surface area contributed by atoms with E-state index in [0.717, 1.165) is 141 Å². The van der Waals surface area contributed by atoms with E-state index < -0.39 is 6.10 Å². The minimum atomic E-state index is -0.793. The van der Waals surface area contributed by atoms with Gasteiger partial charge in [0.1, 0.15) is 13.2 Å². The predicted molar refractivity (Wildman–Crippen MR) is 279 cm³/mol. The first-order valence-corrected chi connectivity index (χ1v) is 27.1. The molecule has 0 aromatic carbocycles. The Labute approximate surface area is 401 Å². The maximum Gasteiger partial charge on any atom is 0.306 e. The maximum atomic E-state index is 12.8. The molecular formula is C59H100O6. The van der Waals surface area contributed by atoms with E-state index in [1.165, 1.54) is 70.6 Å². The Morgan fingerprint density at radius 1 is 0.323 bits per heavy atom. The van der Waals surface area contributed by atoms with Crippen LogP contribution in [0.2, 0.25) is 0 Å². The van der Waals surface area contributed by atoms with Crippen LogP contribution in [-0.2, 0) is 28.6 Å². The summed E-state index contributed by atoms with van der Waals surface area (Å²) in [7, 11) is 0. The lowest BCUT2D eigenvalue weighted by molar-refractivity contribution is -0.167. The van der Waals surface area contributed by atoms with Gasteiger partial charge in [0.2, 0.25) is 0 Å². The zero-order valence-electron chi connectivity index (χ0n) is 42.5. The third-order valence-electron chi connectivity index (χ3n) is 11.4. The van der Waals surface area contributed by atoms with Gasteiger partial charge in [0.25, 0.3) is 0 Å². The van der Waals surface area contributed by atoms with E-state index in [1.807, 2.05) is 0 Å². The molecule has 0 rings (SSSR count). The first-order valence-electron chi connectivity index (χ1n) is 27.1. The minimum Gasteiger partial charge on any atom is -0.462 e. The number of rotatable bonds is 48. The molecule has 0 aromatic rings. The number of carbonyl (C=O) groups excluding carboxylic acids is 3. The van der Waals surface area contributed by atoms with Crippen molar-refractivity contribution >= 4 is 17.9 Å². The van der Waals surface area contributed by atoms with Gasteiger partial charge in [-0.25, -0.2) is 0 Å². The molecule has 6 nitrogen and oxygen atoms in total. The highest BCUT2D eigenvalue weighted by atomic mass is 16.6. The van der Waals surface area contributed by atoms with E-state index in [9.17, 15) is 14.4 Å². The van der Waals surface area contributed by atoms with Crippen molar-refractivity contribution in [3.63, 3.8) is 0 Å². The molecule has 0 saturated heterocycles. The van der Waals surface area contributed by atoms with Crippen molar-refractivity contribution in [1.29, 1.82) is 0 Å². The van der Waals surface area contributed by atoms with Gasteiger partial charge in [-0.1, -0.05) is 209 Å². The van der Waals surface area contributed by atoms with Crippen molar-refractivity contribution in [1.82, 2.24) is 0 Å². The molecule has 0 amide bonds. The van der Waals surface area contributed by atoms with E-state index in [2.05, 4.69) is 106 Å². The number of hydrogen-bond donors (Lipinski definition) is 0. The largest absolute Gasteiger partial charge is 0.462 e. The molecule has 0 aliphatic carbocycles. The average molecular weight is 905 g/mol. The Bertz CT molecular complexity index is 1270. The topological polar surface area (TPSA) is 78.9 Å². The standard InChI is InChI=1S/C59H100O6/c1-4-7-10-13-16-19-22-25-27-29-30-31-33-34-37-40-43-46-49-52-58(61)64-55-56(54-63-57(60)51-48-45-42-39-36-24-21-18-15-12-9-6-3)65-59(62)53-50-47-44-41-38-35-32-28-26-23-20-17-14-11-8-5-2/h7,9-10,12,16,18-19,21,25,27-28,30-32,56H,4-6,8,11,13-15,17,20,22-24,26,29,33-55H2,1-3H3/b10-7-,12-9-,19-16-,21-18-,27-25-,31-30-,32-28-. The number of carbonyl (C=O) groups is 3. The van der Waals surface area contributed by atoms with Gasteiger partial charge in [-0.15, -0.1) is 0 Å². The molecule has 65 heavy (non-hydrogen) atoms. The lowest BCUT2D eigenvalue weighted by Crippen LogP contribution is -2.30. The number of hydrogen-bond acceptors (Lipinski definition) is 6. The van der Waals surface area contributed by atoms with E-state index in [0.29, 0.717) is 19.3 Å². The Morgan fingerprint density at radius 3 is 0.954 bits per heavy atom. The van der Waals surface area contributed by atoms with Crippen molar-refractivity contribution in [3.05, 3.63) is 85.1 Å². The van der Waals surface area contributed by atoms with Crippen LogP contribution in [0, 0.1) is 0 Å². The van der Waals surface area contributed by atoms with Gasteiger partial charge in [-0.3, -0.25) is 14.4 Å². The second kappa shape index (κ2) is 53.2. The second-order valence-electron chi connectivity index (χ2n) is 17.7. The summed E-state index contributed by atoms with van der Waals surface area (Å²) < 4.78 is 16.8. The van der Waals surface area contributed by atoms with Crippen LogP contribution in [0.3, 0.4) is 0 Å². The monoisotopic (exact) mass is 905 g/mol. The summed E-state index contributed by atoms with van der Waals surface area (Å²) in [6.07, 6.45) is 68.5. The molecule has 0 aliphatic rings. The van der Waals surface area contributed by atoms with E-state index >= 15 is 0 Å². The molecule has 0 bridgehead atoms. The highest BCUT2D eigenvalue weighted by Gasteiger charge is 2.19. The third kappa shape index (κ3) is 51.4. The van der Waals surface area contributed by atoms with Crippen molar-refractivity contribution in [2.45, 2.75) is 258 Å². The zero-order valence-corrected chi connectivity index (χ0v) is 42.5. The summed E-state index contributed by atoms with van der Waals surface area (Å²) in [5.74, 6) is -0.926. The van der Waals surface area contributed by atoms with Gasteiger partial charge in [0.15, 0.2) is 6.10 Å². The van der Waals surface area contributed by atoms with Gasteiger partial charge in [-0.05, 0) is 109 Å². The normalized spacial score (nSPS) is 12.7. The van der Waals surface area contributed by atoms with Crippen LogP contribution in [-0.4, -0.2) is 37.2 Å². The first kappa shape index (κ1) is 61.6.